The molecule has 2 heterocycles. The molecule has 5 nitrogen and oxygen atoms in total. The summed E-state index contributed by atoms with van der Waals surface area (Å²) in [5.74, 6) is -1.64. The number of hydrogen-bond acceptors (Lipinski definition) is 5. The maximum atomic E-state index is 12.7. The van der Waals surface area contributed by atoms with E-state index >= 15 is 0 Å². The van der Waals surface area contributed by atoms with Crippen LogP contribution in [0.3, 0.4) is 0 Å². The average Bonchev–Trinajstić information content (AvgIpc) is 3.16. The van der Waals surface area contributed by atoms with Crippen molar-refractivity contribution in [1.29, 1.82) is 0 Å². The fourth-order valence-electron chi connectivity index (χ4n) is 2.99. The van der Waals surface area contributed by atoms with Crippen molar-refractivity contribution < 1.29 is 19.8 Å². The number of rotatable bonds is 5. The first-order valence-electron chi connectivity index (χ1n) is 7.99. The van der Waals surface area contributed by atoms with Crippen LogP contribution in [0.4, 0.5) is 0 Å². The highest BCUT2D eigenvalue weighted by Crippen LogP contribution is 2.40. The lowest BCUT2D eigenvalue weighted by atomic mass is 9.91. The number of nitrogens with zero attached hydrogens (tertiary/aromatic N) is 1. The van der Waals surface area contributed by atoms with Crippen LogP contribution in [0.5, 0.6) is 5.75 Å². The van der Waals surface area contributed by atoms with E-state index in [1.165, 1.54) is 28.4 Å². The van der Waals surface area contributed by atoms with Gasteiger partial charge in [0.1, 0.15) is 5.75 Å². The van der Waals surface area contributed by atoms with Crippen molar-refractivity contribution in [2.45, 2.75) is 26.4 Å². The number of phenolic OH excluding ortho intramolecular Hbond substituents is 1. The number of aliphatic hydroxyl groups is 1. The summed E-state index contributed by atoms with van der Waals surface area (Å²) in [4.78, 5) is 27.7. The van der Waals surface area contributed by atoms with Gasteiger partial charge in [-0.25, -0.2) is 0 Å². The topological polar surface area (TPSA) is 77.8 Å². The Balaban J connectivity index is 2.09. The molecule has 2 aromatic rings. The number of thiophene rings is 1. The minimum absolute atomic E-state index is 0.0451. The number of aliphatic hydroxyl groups excluding tert-OH is 1. The second kappa shape index (κ2) is 6.72. The summed E-state index contributed by atoms with van der Waals surface area (Å²) >= 11 is 1.50. The van der Waals surface area contributed by atoms with Crippen molar-refractivity contribution >= 4 is 23.0 Å². The van der Waals surface area contributed by atoms with E-state index in [1.807, 2.05) is 17.5 Å². The van der Waals surface area contributed by atoms with Crippen LogP contribution in [0.15, 0.2) is 53.1 Å². The van der Waals surface area contributed by atoms with Crippen molar-refractivity contribution in [3.05, 3.63) is 63.6 Å². The van der Waals surface area contributed by atoms with Crippen molar-refractivity contribution in [2.75, 3.05) is 0 Å². The molecule has 25 heavy (non-hydrogen) atoms. The molecular weight excluding hydrogens is 338 g/mol. The number of ketones is 1. The van der Waals surface area contributed by atoms with Crippen LogP contribution >= 0.6 is 11.3 Å². The molecular formula is C19H19NO4S. The van der Waals surface area contributed by atoms with E-state index in [0.717, 1.165) is 4.88 Å². The van der Waals surface area contributed by atoms with Crippen LogP contribution < -0.4 is 0 Å². The number of amides is 1. The molecule has 0 spiro atoms. The van der Waals surface area contributed by atoms with Crippen LogP contribution in [0.25, 0.3) is 0 Å². The molecule has 6 heteroatoms. The molecule has 1 amide bonds. The van der Waals surface area contributed by atoms with E-state index in [1.54, 1.807) is 26.0 Å². The predicted octanol–water partition coefficient (Wildman–Crippen LogP) is 3.57. The summed E-state index contributed by atoms with van der Waals surface area (Å²) in [6.07, 6.45) is 0. The third-order valence-electron chi connectivity index (χ3n) is 4.19. The molecule has 1 atom stereocenters. The van der Waals surface area contributed by atoms with E-state index in [-0.39, 0.29) is 29.6 Å². The highest BCUT2D eigenvalue weighted by molar-refractivity contribution is 7.09. The van der Waals surface area contributed by atoms with Gasteiger partial charge < -0.3 is 15.1 Å². The second-order valence-corrected chi connectivity index (χ2v) is 7.32. The van der Waals surface area contributed by atoms with Gasteiger partial charge in [-0.1, -0.05) is 32.0 Å². The van der Waals surface area contributed by atoms with Gasteiger partial charge in [-0.05, 0) is 29.1 Å². The summed E-state index contributed by atoms with van der Waals surface area (Å²) < 4.78 is 0. The molecule has 0 aliphatic carbocycles. The molecule has 1 unspecified atom stereocenters. The molecule has 1 aliphatic heterocycles. The smallest absolute Gasteiger partial charge is 0.290 e. The van der Waals surface area contributed by atoms with Gasteiger partial charge in [0, 0.05) is 10.8 Å². The third kappa shape index (κ3) is 3.17. The highest BCUT2D eigenvalue weighted by Gasteiger charge is 2.44. The number of carbonyl (C=O) groups is 2. The molecule has 1 aliphatic rings. The van der Waals surface area contributed by atoms with E-state index in [4.69, 9.17) is 0 Å². The van der Waals surface area contributed by atoms with Gasteiger partial charge in [0.25, 0.3) is 5.91 Å². The van der Waals surface area contributed by atoms with Gasteiger partial charge in [0.2, 0.25) is 0 Å². The lowest BCUT2D eigenvalue weighted by Crippen LogP contribution is -2.30. The van der Waals surface area contributed by atoms with Crippen LogP contribution in [-0.2, 0) is 16.1 Å². The predicted molar refractivity (Wildman–Crippen MR) is 95.2 cm³/mol. The summed E-state index contributed by atoms with van der Waals surface area (Å²) in [5, 5.41) is 22.1. The van der Waals surface area contributed by atoms with Gasteiger partial charge >= 0.3 is 0 Å². The first kappa shape index (κ1) is 17.2. The molecule has 130 valence electrons. The summed E-state index contributed by atoms with van der Waals surface area (Å²) in [5.41, 5.74) is 0.695. The van der Waals surface area contributed by atoms with Crippen molar-refractivity contribution in [1.82, 2.24) is 4.90 Å². The van der Waals surface area contributed by atoms with E-state index in [9.17, 15) is 19.8 Å². The lowest BCUT2D eigenvalue weighted by Gasteiger charge is -2.27. The zero-order chi connectivity index (χ0) is 18.1. The zero-order valence-corrected chi connectivity index (χ0v) is 14.8. The number of hydrogen-bond donors (Lipinski definition) is 2. The van der Waals surface area contributed by atoms with E-state index < -0.39 is 17.7 Å². The molecule has 0 saturated carbocycles. The first-order chi connectivity index (χ1) is 11.9. The Morgan fingerprint density at radius 3 is 2.60 bits per heavy atom. The van der Waals surface area contributed by atoms with Crippen molar-refractivity contribution in [2.24, 2.45) is 5.92 Å². The molecule has 0 radical (unpaired) electrons. The Hall–Kier alpha value is -2.60. The van der Waals surface area contributed by atoms with Gasteiger partial charge in [0.15, 0.2) is 11.5 Å². The molecule has 3 rings (SSSR count). The highest BCUT2D eigenvalue weighted by atomic mass is 32.1. The Kier molecular flexibility index (Phi) is 4.63. The minimum Gasteiger partial charge on any atom is -0.508 e. The lowest BCUT2D eigenvalue weighted by molar-refractivity contribution is -0.130. The van der Waals surface area contributed by atoms with E-state index in [2.05, 4.69) is 0 Å². The largest absolute Gasteiger partial charge is 0.508 e. The van der Waals surface area contributed by atoms with Gasteiger partial charge in [-0.15, -0.1) is 11.3 Å². The number of Topliss-reactive ketones (excluding diaryl/α,β-unsaturated/α-hetero) is 1. The SMILES string of the molecule is CC(C)C(=O)C1=C(O)C(=O)N(Cc2cccs2)C1c1cccc(O)c1. The Morgan fingerprint density at radius 2 is 2.00 bits per heavy atom. The van der Waals surface area contributed by atoms with E-state index in [0.29, 0.717) is 5.56 Å². The summed E-state index contributed by atoms with van der Waals surface area (Å²) in [6.45, 7) is 3.75. The normalized spacial score (nSPS) is 17.6. The number of carbonyl (C=O) groups excluding carboxylic acids is 2. The number of aromatic hydroxyl groups is 1. The summed E-state index contributed by atoms with van der Waals surface area (Å²) in [7, 11) is 0. The zero-order valence-electron chi connectivity index (χ0n) is 14.0. The van der Waals surface area contributed by atoms with Crippen LogP contribution in [0.1, 0.15) is 30.3 Å². The number of phenols is 1. The van der Waals surface area contributed by atoms with Crippen LogP contribution in [-0.4, -0.2) is 26.8 Å². The quantitative estimate of drug-likeness (QED) is 0.857. The Morgan fingerprint density at radius 1 is 1.24 bits per heavy atom. The van der Waals surface area contributed by atoms with Gasteiger partial charge in [-0.3, -0.25) is 9.59 Å². The molecule has 0 bridgehead atoms. The maximum absolute atomic E-state index is 12.7. The second-order valence-electron chi connectivity index (χ2n) is 6.29. The molecule has 0 saturated heterocycles. The standard InChI is InChI=1S/C19H19NO4S/c1-11(2)17(22)15-16(12-5-3-6-13(21)9-12)20(19(24)18(15)23)10-14-7-4-8-25-14/h3-9,11,16,21,23H,10H2,1-2H3. The average molecular weight is 357 g/mol. The third-order valence-corrected chi connectivity index (χ3v) is 5.05. The Bertz CT molecular complexity index is 839. The number of benzene rings is 1. The first-order valence-corrected chi connectivity index (χ1v) is 8.87. The summed E-state index contributed by atoms with van der Waals surface area (Å²) in [6, 6.07) is 9.52. The molecule has 0 fully saturated rings. The molecule has 1 aromatic heterocycles. The monoisotopic (exact) mass is 357 g/mol. The minimum atomic E-state index is -0.711. The van der Waals surface area contributed by atoms with Crippen molar-refractivity contribution in [3.8, 4) is 5.75 Å². The molecule has 2 N–H and O–H groups in total. The van der Waals surface area contributed by atoms with Gasteiger partial charge in [0.05, 0.1) is 18.2 Å². The fraction of sp³-hybridized carbons (Fsp3) is 0.263. The van der Waals surface area contributed by atoms with Crippen LogP contribution in [0.2, 0.25) is 0 Å². The molecule has 1 aromatic carbocycles. The maximum Gasteiger partial charge on any atom is 0.290 e. The van der Waals surface area contributed by atoms with Crippen molar-refractivity contribution in [3.63, 3.8) is 0 Å². The van der Waals surface area contributed by atoms with Gasteiger partial charge in [-0.2, -0.15) is 0 Å². The Labute approximate surface area is 149 Å². The van der Waals surface area contributed by atoms with Crippen LogP contribution in [0, 0.1) is 5.92 Å². The fourth-order valence-corrected chi connectivity index (χ4v) is 3.69.